The average molecular weight is 319 g/mol. The highest BCUT2D eigenvalue weighted by Crippen LogP contribution is 2.34. The zero-order chi connectivity index (χ0) is 16.9. The number of nitrogens with one attached hydrogen (secondary N) is 2. The lowest BCUT2D eigenvalue weighted by Gasteiger charge is -2.29. The van der Waals surface area contributed by atoms with Gasteiger partial charge in [-0.25, -0.2) is 0 Å². The summed E-state index contributed by atoms with van der Waals surface area (Å²) in [5.74, 6) is 2.51. The van der Waals surface area contributed by atoms with Gasteiger partial charge in [0.15, 0.2) is 17.5 Å². The molecule has 1 heterocycles. The summed E-state index contributed by atoms with van der Waals surface area (Å²) in [6.07, 6.45) is 1.06. The van der Waals surface area contributed by atoms with Crippen molar-refractivity contribution in [2.24, 2.45) is 4.99 Å². The third kappa shape index (κ3) is 4.53. The van der Waals surface area contributed by atoms with Crippen molar-refractivity contribution in [1.29, 1.82) is 0 Å². The third-order valence-corrected chi connectivity index (χ3v) is 4.24. The summed E-state index contributed by atoms with van der Waals surface area (Å²) in [4.78, 5) is 4.29. The maximum atomic E-state index is 5.69. The van der Waals surface area contributed by atoms with Crippen molar-refractivity contribution in [2.75, 3.05) is 26.8 Å². The molecule has 2 rings (SSSR count). The van der Waals surface area contributed by atoms with Gasteiger partial charge in [0.25, 0.3) is 0 Å². The van der Waals surface area contributed by atoms with Gasteiger partial charge in [0.1, 0.15) is 13.2 Å². The zero-order valence-corrected chi connectivity index (χ0v) is 14.9. The van der Waals surface area contributed by atoms with Crippen molar-refractivity contribution in [2.45, 2.75) is 45.6 Å². The standard InChI is InChI=1S/C18H29N3O2/c1-6-13(2)21-17(19-5)20-12-18(3,4)14-7-8-15-16(11-14)23-10-9-22-15/h7-8,11,13H,6,9-10,12H2,1-5H3,(H2,19,20,21). The Hall–Kier alpha value is -1.91. The summed E-state index contributed by atoms with van der Waals surface area (Å²) in [6.45, 7) is 10.7. The first-order valence-electron chi connectivity index (χ1n) is 8.33. The van der Waals surface area contributed by atoms with Gasteiger partial charge in [-0.2, -0.15) is 0 Å². The van der Waals surface area contributed by atoms with Gasteiger partial charge in [-0.3, -0.25) is 4.99 Å². The Bertz CT molecular complexity index is 555. The number of guanidine groups is 1. The first kappa shape index (κ1) is 17.4. The Morgan fingerprint density at radius 3 is 2.61 bits per heavy atom. The Kier molecular flexibility index (Phi) is 5.74. The molecule has 2 N–H and O–H groups in total. The molecule has 1 aliphatic heterocycles. The fourth-order valence-electron chi connectivity index (χ4n) is 2.40. The molecule has 1 aromatic rings. The highest BCUT2D eigenvalue weighted by molar-refractivity contribution is 5.80. The second-order valence-electron chi connectivity index (χ2n) is 6.62. The molecule has 23 heavy (non-hydrogen) atoms. The minimum atomic E-state index is -0.0527. The highest BCUT2D eigenvalue weighted by atomic mass is 16.6. The van der Waals surface area contributed by atoms with Crippen LogP contribution in [0.3, 0.4) is 0 Å². The number of hydrogen-bond donors (Lipinski definition) is 2. The summed E-state index contributed by atoms with van der Waals surface area (Å²) in [7, 11) is 1.80. The molecule has 1 unspecified atom stereocenters. The molecular formula is C18H29N3O2. The average Bonchev–Trinajstić information content (AvgIpc) is 2.57. The molecule has 0 saturated carbocycles. The molecule has 0 radical (unpaired) electrons. The van der Waals surface area contributed by atoms with Crippen molar-refractivity contribution in [3.8, 4) is 11.5 Å². The van der Waals surface area contributed by atoms with Crippen LogP contribution >= 0.6 is 0 Å². The molecule has 0 spiro atoms. The van der Waals surface area contributed by atoms with Gasteiger partial charge < -0.3 is 20.1 Å². The molecule has 0 aromatic heterocycles. The van der Waals surface area contributed by atoms with Crippen LogP contribution in [0.15, 0.2) is 23.2 Å². The Balaban J connectivity index is 2.03. The maximum Gasteiger partial charge on any atom is 0.191 e. The number of ether oxygens (including phenoxy) is 2. The van der Waals surface area contributed by atoms with E-state index in [1.807, 2.05) is 6.07 Å². The maximum absolute atomic E-state index is 5.69. The van der Waals surface area contributed by atoms with E-state index in [1.54, 1.807) is 7.05 Å². The van der Waals surface area contributed by atoms with E-state index in [9.17, 15) is 0 Å². The lowest BCUT2D eigenvalue weighted by Crippen LogP contribution is -2.46. The summed E-state index contributed by atoms with van der Waals surface area (Å²) in [6, 6.07) is 6.59. The van der Waals surface area contributed by atoms with Crippen molar-refractivity contribution >= 4 is 5.96 Å². The Morgan fingerprint density at radius 2 is 1.96 bits per heavy atom. The van der Waals surface area contributed by atoms with Gasteiger partial charge in [0.05, 0.1) is 0 Å². The Labute approximate surface area is 139 Å². The smallest absolute Gasteiger partial charge is 0.191 e. The highest BCUT2D eigenvalue weighted by Gasteiger charge is 2.24. The number of fused-ring (bicyclic) bond motifs is 1. The minimum Gasteiger partial charge on any atom is -0.486 e. The van der Waals surface area contributed by atoms with Gasteiger partial charge in [0, 0.05) is 25.0 Å². The predicted molar refractivity (Wildman–Crippen MR) is 94.7 cm³/mol. The molecular weight excluding hydrogens is 290 g/mol. The van der Waals surface area contributed by atoms with Crippen LogP contribution in [0.4, 0.5) is 0 Å². The normalized spacial score (nSPS) is 16.0. The summed E-state index contributed by atoms with van der Waals surface area (Å²) < 4.78 is 11.3. The molecule has 5 heteroatoms. The third-order valence-electron chi connectivity index (χ3n) is 4.24. The van der Waals surface area contributed by atoms with E-state index in [0.717, 1.165) is 30.4 Å². The van der Waals surface area contributed by atoms with Crippen LogP contribution in [-0.4, -0.2) is 38.8 Å². The zero-order valence-electron chi connectivity index (χ0n) is 14.9. The molecule has 0 saturated heterocycles. The predicted octanol–water partition coefficient (Wildman–Crippen LogP) is 2.70. The van der Waals surface area contributed by atoms with Crippen molar-refractivity contribution in [3.05, 3.63) is 23.8 Å². The van der Waals surface area contributed by atoms with Gasteiger partial charge in [-0.05, 0) is 31.0 Å². The fourth-order valence-corrected chi connectivity index (χ4v) is 2.40. The van der Waals surface area contributed by atoms with Crippen LogP contribution in [0, 0.1) is 0 Å². The number of benzene rings is 1. The van der Waals surface area contributed by atoms with Crippen molar-refractivity contribution < 1.29 is 9.47 Å². The van der Waals surface area contributed by atoms with Crippen LogP contribution in [-0.2, 0) is 5.41 Å². The van der Waals surface area contributed by atoms with E-state index in [1.165, 1.54) is 5.56 Å². The molecule has 0 bridgehead atoms. The van der Waals surface area contributed by atoms with Gasteiger partial charge in [-0.15, -0.1) is 0 Å². The lowest BCUT2D eigenvalue weighted by atomic mass is 9.84. The number of hydrogen-bond acceptors (Lipinski definition) is 3. The minimum absolute atomic E-state index is 0.0527. The molecule has 1 aliphatic rings. The topological polar surface area (TPSA) is 54.9 Å². The summed E-state index contributed by atoms with van der Waals surface area (Å²) in [5.41, 5.74) is 1.16. The van der Waals surface area contributed by atoms with Crippen LogP contribution in [0.1, 0.15) is 39.7 Å². The molecule has 5 nitrogen and oxygen atoms in total. The SMILES string of the molecule is CCC(C)NC(=NC)NCC(C)(C)c1ccc2c(c1)OCCO2. The monoisotopic (exact) mass is 319 g/mol. The molecule has 1 aromatic carbocycles. The largest absolute Gasteiger partial charge is 0.486 e. The van der Waals surface area contributed by atoms with Crippen molar-refractivity contribution in [3.63, 3.8) is 0 Å². The fraction of sp³-hybridized carbons (Fsp3) is 0.611. The quantitative estimate of drug-likeness (QED) is 0.647. The number of nitrogens with zero attached hydrogens (tertiary/aromatic N) is 1. The lowest BCUT2D eigenvalue weighted by molar-refractivity contribution is 0.171. The van der Waals surface area contributed by atoms with Crippen LogP contribution in [0.5, 0.6) is 11.5 Å². The van der Waals surface area contributed by atoms with Crippen LogP contribution in [0.25, 0.3) is 0 Å². The second-order valence-corrected chi connectivity index (χ2v) is 6.62. The second kappa shape index (κ2) is 7.57. The molecule has 0 amide bonds. The van der Waals surface area contributed by atoms with E-state index in [2.05, 4.69) is 55.5 Å². The molecule has 0 aliphatic carbocycles. The van der Waals surface area contributed by atoms with Crippen LogP contribution < -0.4 is 20.1 Å². The van der Waals surface area contributed by atoms with E-state index in [-0.39, 0.29) is 5.41 Å². The van der Waals surface area contributed by atoms with Crippen molar-refractivity contribution in [1.82, 2.24) is 10.6 Å². The van der Waals surface area contributed by atoms with E-state index in [4.69, 9.17) is 9.47 Å². The molecule has 128 valence electrons. The van der Waals surface area contributed by atoms with Gasteiger partial charge in [-0.1, -0.05) is 26.8 Å². The van der Waals surface area contributed by atoms with E-state index in [0.29, 0.717) is 19.3 Å². The molecule has 1 atom stereocenters. The summed E-state index contributed by atoms with van der Waals surface area (Å²) >= 11 is 0. The van der Waals surface area contributed by atoms with E-state index < -0.39 is 0 Å². The first-order chi connectivity index (χ1) is 11.0. The Morgan fingerprint density at radius 1 is 1.26 bits per heavy atom. The number of aliphatic imine (C=N–C) groups is 1. The van der Waals surface area contributed by atoms with Crippen LogP contribution in [0.2, 0.25) is 0 Å². The van der Waals surface area contributed by atoms with E-state index >= 15 is 0 Å². The first-order valence-corrected chi connectivity index (χ1v) is 8.33. The summed E-state index contributed by atoms with van der Waals surface area (Å²) in [5, 5.41) is 6.80. The molecule has 0 fully saturated rings. The van der Waals surface area contributed by atoms with Gasteiger partial charge >= 0.3 is 0 Å². The van der Waals surface area contributed by atoms with Gasteiger partial charge in [0.2, 0.25) is 0 Å². The number of rotatable bonds is 5.